The molecule has 3 N–H and O–H groups in total. The normalized spacial score (nSPS) is 16.4. The number of benzene rings is 1. The average molecular weight is 402 g/mol. The molecule has 0 radical (unpaired) electrons. The summed E-state index contributed by atoms with van der Waals surface area (Å²) < 4.78 is 4.90. The molecule has 1 unspecified atom stereocenters. The summed E-state index contributed by atoms with van der Waals surface area (Å²) in [5, 5.41) is 9.16. The highest BCUT2D eigenvalue weighted by atomic mass is 35.5. The van der Waals surface area contributed by atoms with Gasteiger partial charge in [-0.3, -0.25) is 9.59 Å². The molecular weight excluding hydrogens is 374 g/mol. The Morgan fingerprint density at radius 2 is 2.12 bits per heavy atom. The van der Waals surface area contributed by atoms with Gasteiger partial charge in [-0.25, -0.2) is 0 Å². The van der Waals surface area contributed by atoms with Crippen LogP contribution in [0.15, 0.2) is 29.2 Å². The molecule has 1 aromatic rings. The molecule has 1 aromatic carbocycles. The van der Waals surface area contributed by atoms with Gasteiger partial charge < -0.3 is 20.7 Å². The van der Waals surface area contributed by atoms with E-state index in [0.29, 0.717) is 31.2 Å². The fourth-order valence-corrected chi connectivity index (χ4v) is 3.58. The van der Waals surface area contributed by atoms with E-state index >= 15 is 0 Å². The summed E-state index contributed by atoms with van der Waals surface area (Å²) in [6.07, 6.45) is 2.30. The van der Waals surface area contributed by atoms with Gasteiger partial charge in [-0.2, -0.15) is 0 Å². The van der Waals surface area contributed by atoms with Crippen molar-refractivity contribution in [2.75, 3.05) is 45.6 Å². The molecule has 1 aliphatic rings. The maximum atomic E-state index is 12.5. The van der Waals surface area contributed by atoms with E-state index < -0.39 is 0 Å². The lowest BCUT2D eigenvalue weighted by atomic mass is 10.00. The molecule has 0 bridgehead atoms. The number of rotatable bonds is 9. The maximum Gasteiger partial charge on any atom is 0.252 e. The molecule has 2 rings (SSSR count). The number of carbonyl (C=O) groups is 2. The van der Waals surface area contributed by atoms with Crippen molar-refractivity contribution in [2.24, 2.45) is 5.92 Å². The first-order valence-electron chi connectivity index (χ1n) is 8.67. The van der Waals surface area contributed by atoms with Gasteiger partial charge in [0.1, 0.15) is 0 Å². The summed E-state index contributed by atoms with van der Waals surface area (Å²) in [5.74, 6) is 0.628. The molecule has 0 saturated carbocycles. The van der Waals surface area contributed by atoms with Crippen molar-refractivity contribution in [1.29, 1.82) is 0 Å². The van der Waals surface area contributed by atoms with E-state index in [2.05, 4.69) is 16.0 Å². The summed E-state index contributed by atoms with van der Waals surface area (Å²) in [6, 6.07) is 7.41. The third kappa shape index (κ3) is 7.95. The minimum atomic E-state index is -0.0755. The molecule has 2 amide bonds. The summed E-state index contributed by atoms with van der Waals surface area (Å²) in [5.41, 5.74) is 0.626. The van der Waals surface area contributed by atoms with Crippen LogP contribution in [0.3, 0.4) is 0 Å². The van der Waals surface area contributed by atoms with Crippen molar-refractivity contribution in [3.05, 3.63) is 29.8 Å². The van der Waals surface area contributed by atoms with Crippen LogP contribution in [-0.4, -0.2) is 57.5 Å². The van der Waals surface area contributed by atoms with Crippen LogP contribution in [-0.2, 0) is 9.53 Å². The van der Waals surface area contributed by atoms with E-state index in [-0.39, 0.29) is 30.0 Å². The van der Waals surface area contributed by atoms with Crippen LogP contribution < -0.4 is 16.0 Å². The van der Waals surface area contributed by atoms with Crippen molar-refractivity contribution in [1.82, 2.24) is 16.0 Å². The van der Waals surface area contributed by atoms with Crippen molar-refractivity contribution in [3.8, 4) is 0 Å². The highest BCUT2D eigenvalue weighted by molar-refractivity contribution is 8.00. The van der Waals surface area contributed by atoms with Crippen LogP contribution in [0.25, 0.3) is 0 Å². The summed E-state index contributed by atoms with van der Waals surface area (Å²) in [6.45, 7) is 3.69. The SMILES string of the molecule is COCCNC(=O)CSc1ccccc1C(=O)NCC1CCCNC1.Cl. The molecule has 0 spiro atoms. The van der Waals surface area contributed by atoms with Gasteiger partial charge in [0.15, 0.2) is 0 Å². The Hall–Kier alpha value is -1.28. The lowest BCUT2D eigenvalue weighted by Crippen LogP contribution is -2.38. The topological polar surface area (TPSA) is 79.5 Å². The van der Waals surface area contributed by atoms with Crippen LogP contribution in [0.1, 0.15) is 23.2 Å². The highest BCUT2D eigenvalue weighted by Gasteiger charge is 2.16. The van der Waals surface area contributed by atoms with Gasteiger partial charge in [-0.15, -0.1) is 24.2 Å². The van der Waals surface area contributed by atoms with E-state index in [1.165, 1.54) is 11.8 Å². The van der Waals surface area contributed by atoms with Gasteiger partial charge in [0.05, 0.1) is 17.9 Å². The molecule has 8 heteroatoms. The molecule has 0 aromatic heterocycles. The quantitative estimate of drug-likeness (QED) is 0.433. The number of carbonyl (C=O) groups excluding carboxylic acids is 2. The molecule has 6 nitrogen and oxygen atoms in total. The monoisotopic (exact) mass is 401 g/mol. The Morgan fingerprint density at radius 1 is 1.31 bits per heavy atom. The number of nitrogens with one attached hydrogen (secondary N) is 3. The average Bonchev–Trinajstić information content (AvgIpc) is 2.66. The Labute approximate surface area is 165 Å². The van der Waals surface area contributed by atoms with Crippen molar-refractivity contribution < 1.29 is 14.3 Å². The number of methoxy groups -OCH3 is 1. The van der Waals surface area contributed by atoms with Gasteiger partial charge in [0, 0.05) is 25.1 Å². The number of piperidine rings is 1. The lowest BCUT2D eigenvalue weighted by molar-refractivity contribution is -0.118. The van der Waals surface area contributed by atoms with E-state index in [9.17, 15) is 9.59 Å². The van der Waals surface area contributed by atoms with Crippen molar-refractivity contribution in [2.45, 2.75) is 17.7 Å². The van der Waals surface area contributed by atoms with Crippen LogP contribution in [0.5, 0.6) is 0 Å². The van der Waals surface area contributed by atoms with Crippen molar-refractivity contribution >= 4 is 36.0 Å². The van der Waals surface area contributed by atoms with E-state index in [1.54, 1.807) is 13.2 Å². The Balaban J connectivity index is 0.00000338. The molecular formula is C18H28ClN3O3S. The minimum absolute atomic E-state index is 0. The van der Waals surface area contributed by atoms with Crippen LogP contribution >= 0.6 is 24.2 Å². The van der Waals surface area contributed by atoms with Crippen LogP contribution in [0, 0.1) is 5.92 Å². The first-order chi connectivity index (χ1) is 12.2. The van der Waals surface area contributed by atoms with Gasteiger partial charge in [0.25, 0.3) is 5.91 Å². The Bertz CT molecular complexity index is 568. The zero-order valence-corrected chi connectivity index (χ0v) is 16.7. The number of halogens is 1. The number of amides is 2. The molecule has 1 aliphatic heterocycles. The summed E-state index contributed by atoms with van der Waals surface area (Å²) >= 11 is 1.38. The zero-order valence-electron chi connectivity index (χ0n) is 15.1. The standard InChI is InChI=1S/C18H27N3O3S.ClH/c1-24-10-9-20-17(22)13-25-16-7-3-2-6-15(16)18(23)21-12-14-5-4-8-19-11-14;/h2-3,6-7,14,19H,4-5,8-13H2,1H3,(H,20,22)(H,21,23);1H. The number of thioether (sulfide) groups is 1. The summed E-state index contributed by atoms with van der Waals surface area (Å²) in [7, 11) is 1.60. The van der Waals surface area contributed by atoms with Gasteiger partial charge in [-0.1, -0.05) is 12.1 Å². The number of hydrogen-bond donors (Lipinski definition) is 3. The first-order valence-corrected chi connectivity index (χ1v) is 9.65. The van der Waals surface area contributed by atoms with E-state index in [0.717, 1.165) is 30.8 Å². The molecule has 26 heavy (non-hydrogen) atoms. The summed E-state index contributed by atoms with van der Waals surface area (Å²) in [4.78, 5) is 25.1. The van der Waals surface area contributed by atoms with Crippen LogP contribution in [0.4, 0.5) is 0 Å². The van der Waals surface area contributed by atoms with Gasteiger partial charge >= 0.3 is 0 Å². The van der Waals surface area contributed by atoms with Crippen LogP contribution in [0.2, 0.25) is 0 Å². The predicted molar refractivity (Wildman–Crippen MR) is 107 cm³/mol. The second-order valence-electron chi connectivity index (χ2n) is 6.05. The second kappa shape index (κ2) is 13.0. The fraction of sp³-hybridized carbons (Fsp3) is 0.556. The van der Waals surface area contributed by atoms with E-state index in [1.807, 2.05) is 18.2 Å². The van der Waals surface area contributed by atoms with Gasteiger partial charge in [-0.05, 0) is 44.0 Å². The predicted octanol–water partition coefficient (Wildman–Crippen LogP) is 1.69. The minimum Gasteiger partial charge on any atom is -0.383 e. The number of hydrogen-bond acceptors (Lipinski definition) is 5. The third-order valence-corrected chi connectivity index (χ3v) is 5.14. The molecule has 1 saturated heterocycles. The molecule has 1 fully saturated rings. The van der Waals surface area contributed by atoms with E-state index in [4.69, 9.17) is 4.74 Å². The highest BCUT2D eigenvalue weighted by Crippen LogP contribution is 2.22. The zero-order chi connectivity index (χ0) is 17.9. The van der Waals surface area contributed by atoms with Gasteiger partial charge in [0.2, 0.25) is 5.91 Å². The molecule has 146 valence electrons. The fourth-order valence-electron chi connectivity index (χ4n) is 2.70. The first kappa shape index (κ1) is 22.8. The Kier molecular flexibility index (Phi) is 11.4. The molecule has 1 heterocycles. The second-order valence-corrected chi connectivity index (χ2v) is 7.07. The maximum absolute atomic E-state index is 12.5. The number of ether oxygens (including phenoxy) is 1. The lowest BCUT2D eigenvalue weighted by Gasteiger charge is -2.23. The van der Waals surface area contributed by atoms with Crippen molar-refractivity contribution in [3.63, 3.8) is 0 Å². The molecule has 0 aliphatic carbocycles. The Morgan fingerprint density at radius 3 is 2.85 bits per heavy atom. The molecule has 1 atom stereocenters. The largest absolute Gasteiger partial charge is 0.383 e. The third-order valence-electron chi connectivity index (χ3n) is 4.07. The smallest absolute Gasteiger partial charge is 0.252 e.